The van der Waals surface area contributed by atoms with Crippen LogP contribution >= 0.6 is 0 Å². The van der Waals surface area contributed by atoms with E-state index in [-0.39, 0.29) is 0 Å². The lowest BCUT2D eigenvalue weighted by Crippen LogP contribution is -2.38. The summed E-state index contributed by atoms with van der Waals surface area (Å²) in [6.45, 7) is 2.45. The van der Waals surface area contributed by atoms with E-state index in [1.807, 2.05) is 0 Å². The first-order valence-electron chi connectivity index (χ1n) is 5.84. The molecule has 2 saturated carbocycles. The molecule has 3 aliphatic rings. The third-order valence-corrected chi connectivity index (χ3v) is 4.27. The fourth-order valence-corrected chi connectivity index (χ4v) is 3.45. The highest BCUT2D eigenvalue weighted by Gasteiger charge is 2.47. The second-order valence-corrected chi connectivity index (χ2v) is 5.20. The average Bonchev–Trinajstić information content (AvgIpc) is 2.81. The Labute approximate surface area is 80.5 Å². The summed E-state index contributed by atoms with van der Waals surface area (Å²) in [5.74, 6) is 2.18. The van der Waals surface area contributed by atoms with Gasteiger partial charge >= 0.3 is 0 Å². The number of hydrogen-bond acceptors (Lipinski definition) is 2. The molecule has 2 nitrogen and oxygen atoms in total. The predicted octanol–water partition coefficient (Wildman–Crippen LogP) is 1.21. The Balaban J connectivity index is 1.64. The summed E-state index contributed by atoms with van der Waals surface area (Å²) in [4.78, 5) is 2.68. The van der Waals surface area contributed by atoms with E-state index in [1.165, 1.54) is 45.2 Å². The van der Waals surface area contributed by atoms with Crippen LogP contribution in [0.3, 0.4) is 0 Å². The maximum Gasteiger partial charge on any atom is 0.0180 e. The average molecular weight is 180 g/mol. The zero-order chi connectivity index (χ0) is 8.84. The molecule has 0 radical (unpaired) electrons. The summed E-state index contributed by atoms with van der Waals surface area (Å²) in [7, 11) is 0. The summed E-state index contributed by atoms with van der Waals surface area (Å²) < 4.78 is 0. The van der Waals surface area contributed by atoms with E-state index in [0.717, 1.165) is 17.9 Å². The van der Waals surface area contributed by atoms with Crippen molar-refractivity contribution in [1.29, 1.82) is 0 Å². The molecule has 13 heavy (non-hydrogen) atoms. The van der Waals surface area contributed by atoms with Crippen molar-refractivity contribution < 1.29 is 0 Å². The second-order valence-electron chi connectivity index (χ2n) is 5.20. The molecule has 0 bridgehead atoms. The molecule has 1 heterocycles. The van der Waals surface area contributed by atoms with Gasteiger partial charge in [-0.15, -0.1) is 0 Å². The fourth-order valence-electron chi connectivity index (χ4n) is 3.45. The highest BCUT2D eigenvalue weighted by Crippen LogP contribution is 2.51. The van der Waals surface area contributed by atoms with Crippen LogP contribution in [-0.2, 0) is 0 Å². The Morgan fingerprint density at radius 1 is 1.15 bits per heavy atom. The van der Waals surface area contributed by atoms with Crippen LogP contribution in [0.5, 0.6) is 0 Å². The molecule has 4 unspecified atom stereocenters. The molecule has 0 spiro atoms. The number of nitrogens with two attached hydrogens (primary N) is 1. The lowest BCUT2D eigenvalue weighted by molar-refractivity contribution is 0.176. The molecule has 4 atom stereocenters. The Hall–Kier alpha value is -0.0800. The maximum absolute atomic E-state index is 5.95. The minimum atomic E-state index is 0.471. The van der Waals surface area contributed by atoms with Gasteiger partial charge in [0, 0.05) is 25.2 Å². The fraction of sp³-hybridized carbons (Fsp3) is 1.00. The Kier molecular flexibility index (Phi) is 1.88. The van der Waals surface area contributed by atoms with Gasteiger partial charge < -0.3 is 5.73 Å². The van der Waals surface area contributed by atoms with Crippen LogP contribution in [0.2, 0.25) is 0 Å². The molecule has 2 heteroatoms. The number of hydrogen-bond donors (Lipinski definition) is 1. The summed E-state index contributed by atoms with van der Waals surface area (Å²) in [6, 6.07) is 1.39. The summed E-state index contributed by atoms with van der Waals surface area (Å²) >= 11 is 0. The van der Waals surface area contributed by atoms with E-state index in [1.54, 1.807) is 0 Å². The molecule has 1 saturated heterocycles. The van der Waals surface area contributed by atoms with Crippen LogP contribution in [0.4, 0.5) is 0 Å². The Bertz CT molecular complexity index is 204. The topological polar surface area (TPSA) is 29.3 Å². The van der Waals surface area contributed by atoms with Gasteiger partial charge in [-0.1, -0.05) is 12.8 Å². The van der Waals surface area contributed by atoms with Crippen molar-refractivity contribution in [3.05, 3.63) is 0 Å². The standard InChI is InChI=1S/C11H20N2/c12-9-4-5-13(7-9)11-3-1-2-8-6-10(8)11/h8-11H,1-7,12H2. The van der Waals surface area contributed by atoms with E-state index >= 15 is 0 Å². The molecule has 2 N–H and O–H groups in total. The van der Waals surface area contributed by atoms with E-state index in [9.17, 15) is 0 Å². The summed E-state index contributed by atoms with van der Waals surface area (Å²) in [6.07, 6.45) is 7.19. The molecule has 0 aromatic rings. The van der Waals surface area contributed by atoms with E-state index in [4.69, 9.17) is 5.73 Å². The first-order valence-corrected chi connectivity index (χ1v) is 5.84. The predicted molar refractivity (Wildman–Crippen MR) is 53.4 cm³/mol. The molecule has 0 aromatic carbocycles. The lowest BCUT2D eigenvalue weighted by atomic mass is 9.94. The molecular formula is C11H20N2. The van der Waals surface area contributed by atoms with Crippen LogP contribution in [-0.4, -0.2) is 30.1 Å². The van der Waals surface area contributed by atoms with E-state index in [0.29, 0.717) is 6.04 Å². The van der Waals surface area contributed by atoms with Gasteiger partial charge in [0.1, 0.15) is 0 Å². The zero-order valence-corrected chi connectivity index (χ0v) is 8.28. The lowest BCUT2D eigenvalue weighted by Gasteiger charge is -2.30. The van der Waals surface area contributed by atoms with Gasteiger partial charge in [-0.05, 0) is 31.1 Å². The third kappa shape index (κ3) is 1.40. The maximum atomic E-state index is 5.95. The van der Waals surface area contributed by atoms with E-state index in [2.05, 4.69) is 4.90 Å². The first-order chi connectivity index (χ1) is 6.34. The third-order valence-electron chi connectivity index (χ3n) is 4.27. The van der Waals surface area contributed by atoms with Gasteiger partial charge in [0.05, 0.1) is 0 Å². The second kappa shape index (κ2) is 2.96. The molecule has 3 fully saturated rings. The van der Waals surface area contributed by atoms with E-state index < -0.39 is 0 Å². The molecule has 74 valence electrons. The van der Waals surface area contributed by atoms with Crippen LogP contribution in [0.1, 0.15) is 32.1 Å². The summed E-state index contributed by atoms with van der Waals surface area (Å²) in [5.41, 5.74) is 5.95. The summed E-state index contributed by atoms with van der Waals surface area (Å²) in [5, 5.41) is 0. The zero-order valence-electron chi connectivity index (χ0n) is 8.28. The highest BCUT2D eigenvalue weighted by molar-refractivity contribution is 5.00. The number of fused-ring (bicyclic) bond motifs is 1. The highest BCUT2D eigenvalue weighted by atomic mass is 15.2. The van der Waals surface area contributed by atoms with Crippen molar-refractivity contribution >= 4 is 0 Å². The Morgan fingerprint density at radius 2 is 2.08 bits per heavy atom. The molecule has 2 aliphatic carbocycles. The molecule has 3 rings (SSSR count). The van der Waals surface area contributed by atoms with Crippen molar-refractivity contribution in [2.24, 2.45) is 17.6 Å². The van der Waals surface area contributed by atoms with Gasteiger partial charge in [0.25, 0.3) is 0 Å². The molecule has 0 amide bonds. The molecule has 0 aromatic heterocycles. The first kappa shape index (κ1) is 8.25. The number of rotatable bonds is 1. The number of nitrogens with zero attached hydrogens (tertiary/aromatic N) is 1. The molecular weight excluding hydrogens is 160 g/mol. The van der Waals surface area contributed by atoms with Gasteiger partial charge in [0.15, 0.2) is 0 Å². The van der Waals surface area contributed by atoms with Crippen molar-refractivity contribution in [2.75, 3.05) is 13.1 Å². The Morgan fingerprint density at radius 3 is 2.85 bits per heavy atom. The van der Waals surface area contributed by atoms with Gasteiger partial charge in [-0.25, -0.2) is 0 Å². The minimum Gasteiger partial charge on any atom is -0.326 e. The van der Waals surface area contributed by atoms with Crippen LogP contribution in [0.25, 0.3) is 0 Å². The van der Waals surface area contributed by atoms with Gasteiger partial charge in [-0.2, -0.15) is 0 Å². The van der Waals surface area contributed by atoms with Crippen molar-refractivity contribution in [1.82, 2.24) is 4.90 Å². The van der Waals surface area contributed by atoms with Crippen molar-refractivity contribution in [2.45, 2.75) is 44.2 Å². The normalized spacial score (nSPS) is 50.5. The van der Waals surface area contributed by atoms with Crippen molar-refractivity contribution in [3.63, 3.8) is 0 Å². The SMILES string of the molecule is NC1CCN(C2CCCC3CC32)C1. The van der Waals surface area contributed by atoms with Gasteiger partial charge in [-0.3, -0.25) is 4.90 Å². The monoisotopic (exact) mass is 180 g/mol. The van der Waals surface area contributed by atoms with Crippen molar-refractivity contribution in [3.8, 4) is 0 Å². The number of likely N-dealkylation sites (tertiary alicyclic amines) is 1. The van der Waals surface area contributed by atoms with Crippen LogP contribution in [0.15, 0.2) is 0 Å². The largest absolute Gasteiger partial charge is 0.326 e. The van der Waals surface area contributed by atoms with Crippen LogP contribution in [0, 0.1) is 11.8 Å². The van der Waals surface area contributed by atoms with Gasteiger partial charge in [0.2, 0.25) is 0 Å². The minimum absolute atomic E-state index is 0.471. The van der Waals surface area contributed by atoms with Crippen LogP contribution < -0.4 is 5.73 Å². The molecule has 1 aliphatic heterocycles. The smallest absolute Gasteiger partial charge is 0.0180 e. The quantitative estimate of drug-likeness (QED) is 0.657.